The highest BCUT2D eigenvalue weighted by Crippen LogP contribution is 2.56. The van der Waals surface area contributed by atoms with Crippen LogP contribution in [0.4, 0.5) is 15.3 Å². The Bertz CT molecular complexity index is 2340. The summed E-state index contributed by atoms with van der Waals surface area (Å²) in [5.74, 6) is 0.925. The number of carbonyl (C=O) groups is 5. The van der Waals surface area contributed by atoms with E-state index in [9.17, 15) is 24.0 Å². The molecule has 0 spiro atoms. The Labute approximate surface area is 356 Å². The molecule has 4 N–H and O–H groups in total. The normalized spacial score (nSPS) is 21.4. The van der Waals surface area contributed by atoms with Gasteiger partial charge in [-0.2, -0.15) is 0 Å². The van der Waals surface area contributed by atoms with Gasteiger partial charge in [0.25, 0.3) is 0 Å². The van der Waals surface area contributed by atoms with Gasteiger partial charge in [-0.1, -0.05) is 58.0 Å². The standard InChI is InChI=1S/C47H57N7O7/c1-25(2)40(51-46(58)60-5)44(56)53-21-7-9-37(53)42-49-35-20-14-29(24-36(35)50-42)33-19-18-31(34-23-28-13-17-32(28)39(33)34)27-11-15-30(16-12-27)48-43(55)38-10-8-22-54(38)45(57)41(26(3)4)52-47(59)61-6/h11-12,14-16,18-20,24-26,28,32,37-38,40-41H,7-10,13,17,21-23H2,1-6H3,(H,48,55)(H,49,50)(H,51,58)(H,52,59)/t28?,32?,37-,38-,40-,41-/m0/s1. The van der Waals surface area contributed by atoms with Crippen molar-refractivity contribution in [1.29, 1.82) is 0 Å². The molecule has 2 unspecified atom stereocenters. The van der Waals surface area contributed by atoms with Crippen molar-refractivity contribution in [3.05, 3.63) is 71.5 Å². The Morgan fingerprint density at radius 1 is 0.738 bits per heavy atom. The minimum atomic E-state index is -0.792. The van der Waals surface area contributed by atoms with E-state index < -0.39 is 30.3 Å². The molecule has 4 aromatic rings. The van der Waals surface area contributed by atoms with Crippen LogP contribution in [-0.2, 0) is 30.3 Å². The van der Waals surface area contributed by atoms with E-state index in [1.807, 2.05) is 44.7 Å². The van der Waals surface area contributed by atoms with E-state index >= 15 is 0 Å². The van der Waals surface area contributed by atoms with Crippen LogP contribution in [-0.4, -0.2) is 95.1 Å². The number of imidazole rings is 1. The first-order valence-electron chi connectivity index (χ1n) is 21.7. The predicted octanol–water partition coefficient (Wildman–Crippen LogP) is 7.30. The predicted molar refractivity (Wildman–Crippen MR) is 232 cm³/mol. The molecule has 5 amide bonds. The van der Waals surface area contributed by atoms with Gasteiger partial charge in [-0.05, 0) is 126 Å². The lowest BCUT2D eigenvalue weighted by molar-refractivity contribution is -0.139. The van der Waals surface area contributed by atoms with Gasteiger partial charge in [0.05, 0.1) is 31.3 Å². The number of aromatic nitrogens is 2. The van der Waals surface area contributed by atoms with Crippen molar-refractivity contribution in [2.24, 2.45) is 17.8 Å². The van der Waals surface area contributed by atoms with E-state index in [0.29, 0.717) is 43.5 Å². The summed E-state index contributed by atoms with van der Waals surface area (Å²) < 4.78 is 9.54. The van der Waals surface area contributed by atoms with Crippen molar-refractivity contribution in [3.63, 3.8) is 0 Å². The largest absolute Gasteiger partial charge is 0.453 e. The zero-order valence-corrected chi connectivity index (χ0v) is 35.9. The molecule has 6 atom stereocenters. The van der Waals surface area contributed by atoms with Gasteiger partial charge in [-0.15, -0.1) is 0 Å². The molecule has 0 bridgehead atoms. The van der Waals surface area contributed by atoms with E-state index in [1.165, 1.54) is 49.3 Å². The van der Waals surface area contributed by atoms with Crippen molar-refractivity contribution in [2.75, 3.05) is 32.6 Å². The van der Waals surface area contributed by atoms with Gasteiger partial charge < -0.3 is 40.2 Å². The fraction of sp³-hybridized carbons (Fsp3) is 0.489. The van der Waals surface area contributed by atoms with Crippen LogP contribution in [0.3, 0.4) is 0 Å². The van der Waals surface area contributed by atoms with E-state index in [-0.39, 0.29) is 35.6 Å². The summed E-state index contributed by atoms with van der Waals surface area (Å²) >= 11 is 0. The first-order chi connectivity index (χ1) is 29.4. The number of methoxy groups -OCH3 is 2. The molecule has 322 valence electrons. The number of aromatic amines is 1. The highest BCUT2D eigenvalue weighted by molar-refractivity contribution is 5.99. The quantitative estimate of drug-likeness (QED) is 0.122. The molecular weight excluding hydrogens is 775 g/mol. The maximum absolute atomic E-state index is 13.8. The highest BCUT2D eigenvalue weighted by Gasteiger charge is 2.43. The van der Waals surface area contributed by atoms with Crippen LogP contribution in [0.2, 0.25) is 0 Å². The van der Waals surface area contributed by atoms with Crippen LogP contribution in [0.25, 0.3) is 33.3 Å². The molecule has 3 fully saturated rings. The average Bonchev–Trinajstić information content (AvgIpc) is 4.06. The molecule has 0 radical (unpaired) electrons. The number of carbonyl (C=O) groups excluding carboxylic acids is 5. The lowest BCUT2D eigenvalue weighted by atomic mass is 9.73. The van der Waals surface area contributed by atoms with Gasteiger partial charge in [0.2, 0.25) is 17.7 Å². The number of nitrogens with zero attached hydrogens (tertiary/aromatic N) is 3. The van der Waals surface area contributed by atoms with Crippen molar-refractivity contribution in [3.8, 4) is 22.3 Å². The average molecular weight is 832 g/mol. The number of nitrogens with one attached hydrogen (secondary N) is 4. The fourth-order valence-electron chi connectivity index (χ4n) is 9.97. The lowest BCUT2D eigenvalue weighted by Gasteiger charge is -2.31. The number of amides is 5. The lowest BCUT2D eigenvalue weighted by Crippen LogP contribution is -2.54. The number of hydrogen-bond donors (Lipinski definition) is 4. The van der Waals surface area contributed by atoms with Gasteiger partial charge in [-0.25, -0.2) is 14.6 Å². The molecule has 3 aromatic carbocycles. The van der Waals surface area contributed by atoms with Crippen LogP contribution in [0.5, 0.6) is 0 Å². The van der Waals surface area contributed by atoms with Crippen molar-refractivity contribution >= 4 is 46.6 Å². The van der Waals surface area contributed by atoms with Gasteiger partial charge in [0.15, 0.2) is 0 Å². The third-order valence-electron chi connectivity index (χ3n) is 13.4. The minimum absolute atomic E-state index is 0.113. The Balaban J connectivity index is 1.00. The second kappa shape index (κ2) is 17.2. The van der Waals surface area contributed by atoms with Gasteiger partial charge in [0.1, 0.15) is 23.9 Å². The molecule has 14 heteroatoms. The number of anilines is 1. The first kappa shape index (κ1) is 41.8. The number of fused-ring (bicyclic) bond motifs is 4. The van der Waals surface area contributed by atoms with Crippen LogP contribution < -0.4 is 16.0 Å². The molecule has 14 nitrogen and oxygen atoms in total. The third-order valence-corrected chi connectivity index (χ3v) is 13.4. The zero-order chi connectivity index (χ0) is 43.1. The highest BCUT2D eigenvalue weighted by atomic mass is 16.5. The fourth-order valence-corrected chi connectivity index (χ4v) is 9.97. The molecule has 1 aromatic heterocycles. The number of ether oxygens (including phenoxy) is 2. The summed E-state index contributed by atoms with van der Waals surface area (Å²) in [6.45, 7) is 8.56. The summed E-state index contributed by atoms with van der Waals surface area (Å²) in [7, 11) is 2.56. The maximum atomic E-state index is 13.8. The van der Waals surface area contributed by atoms with Crippen LogP contribution in [0, 0.1) is 17.8 Å². The van der Waals surface area contributed by atoms with E-state index in [0.717, 1.165) is 47.2 Å². The Morgan fingerprint density at radius 3 is 2.00 bits per heavy atom. The smallest absolute Gasteiger partial charge is 0.407 e. The third kappa shape index (κ3) is 8.04. The van der Waals surface area contributed by atoms with Crippen LogP contribution in [0.15, 0.2) is 54.6 Å². The number of benzene rings is 3. The summed E-state index contributed by atoms with van der Waals surface area (Å²) in [4.78, 5) is 76.9. The van der Waals surface area contributed by atoms with E-state index in [2.05, 4.69) is 63.4 Å². The van der Waals surface area contributed by atoms with Gasteiger partial charge in [0, 0.05) is 18.8 Å². The summed E-state index contributed by atoms with van der Waals surface area (Å²) in [5.41, 5.74) is 9.86. The molecule has 1 saturated carbocycles. The number of likely N-dealkylation sites (tertiary alicyclic amines) is 2. The maximum Gasteiger partial charge on any atom is 0.407 e. The molecule has 2 aliphatic carbocycles. The molecule has 2 saturated heterocycles. The summed E-state index contributed by atoms with van der Waals surface area (Å²) in [5, 5.41) is 8.40. The van der Waals surface area contributed by atoms with Gasteiger partial charge in [-0.3, -0.25) is 14.4 Å². The Kier molecular flexibility index (Phi) is 11.8. The van der Waals surface area contributed by atoms with Crippen molar-refractivity contribution in [1.82, 2.24) is 30.4 Å². The molecule has 8 rings (SSSR count). The number of rotatable bonds is 11. The summed E-state index contributed by atoms with van der Waals surface area (Å²) in [6, 6.07) is 16.5. The number of alkyl carbamates (subject to hydrolysis) is 2. The van der Waals surface area contributed by atoms with E-state index in [4.69, 9.17) is 14.5 Å². The molecule has 61 heavy (non-hydrogen) atoms. The molecule has 2 aliphatic heterocycles. The minimum Gasteiger partial charge on any atom is -0.453 e. The zero-order valence-electron chi connectivity index (χ0n) is 35.9. The second-order valence-electron chi connectivity index (χ2n) is 17.7. The second-order valence-corrected chi connectivity index (χ2v) is 17.7. The molecule has 3 heterocycles. The monoisotopic (exact) mass is 831 g/mol. The first-order valence-corrected chi connectivity index (χ1v) is 21.7. The molecule has 4 aliphatic rings. The topological polar surface area (TPSA) is 175 Å². The van der Waals surface area contributed by atoms with Crippen LogP contribution in [0.1, 0.15) is 95.1 Å². The Hall–Kier alpha value is -5.92. The van der Waals surface area contributed by atoms with E-state index in [1.54, 1.807) is 4.90 Å². The number of H-pyrrole nitrogens is 1. The Morgan fingerprint density at radius 2 is 1.36 bits per heavy atom. The summed E-state index contributed by atoms with van der Waals surface area (Å²) in [6.07, 6.45) is 4.98. The van der Waals surface area contributed by atoms with Crippen LogP contribution >= 0.6 is 0 Å². The van der Waals surface area contributed by atoms with Crippen molar-refractivity contribution in [2.45, 2.75) is 103 Å². The van der Waals surface area contributed by atoms with Gasteiger partial charge >= 0.3 is 12.2 Å². The number of hydrogen-bond acceptors (Lipinski definition) is 8. The molecular formula is C47H57N7O7. The van der Waals surface area contributed by atoms with Crippen molar-refractivity contribution < 1.29 is 33.4 Å². The SMILES string of the molecule is COC(=O)N[C@H](C(=O)N1CCC[C@H]1C(=O)Nc1ccc(-c2ccc(-c3ccc4nc([C@@H]5CCCN5C(=O)[C@@H](NC(=O)OC)C(C)C)[nH]c4c3)c3c2CC2CCC32)cc1)C(C)C.